The minimum Gasteiger partial charge on any atom is -0.382 e. The van der Waals surface area contributed by atoms with Gasteiger partial charge in [0, 0.05) is 30.7 Å². The van der Waals surface area contributed by atoms with E-state index in [9.17, 15) is 5.11 Å². The average Bonchev–Trinajstić information content (AvgIpc) is 2.74. The van der Waals surface area contributed by atoms with Crippen molar-refractivity contribution in [3.63, 3.8) is 0 Å². The molecule has 0 radical (unpaired) electrons. The van der Waals surface area contributed by atoms with Gasteiger partial charge in [0.25, 0.3) is 0 Å². The van der Waals surface area contributed by atoms with E-state index in [1.165, 1.54) is 4.88 Å². The molecule has 1 aliphatic heterocycles. The van der Waals surface area contributed by atoms with E-state index in [0.29, 0.717) is 13.1 Å². The summed E-state index contributed by atoms with van der Waals surface area (Å²) in [5, 5.41) is 11.6. The number of thiazole rings is 1. The summed E-state index contributed by atoms with van der Waals surface area (Å²) in [6, 6.07) is 9.91. The zero-order valence-electron chi connectivity index (χ0n) is 10.3. The number of aryl methyl sites for hydroxylation is 1. The number of hydrogen-bond donors (Lipinski definition) is 1. The number of benzene rings is 1. The van der Waals surface area contributed by atoms with Crippen LogP contribution in [0.15, 0.2) is 36.5 Å². The molecule has 0 aliphatic carbocycles. The maximum Gasteiger partial charge on any atom is 0.115 e. The van der Waals surface area contributed by atoms with Gasteiger partial charge in [0.05, 0.1) is 5.01 Å². The van der Waals surface area contributed by atoms with Crippen LogP contribution in [0.4, 0.5) is 0 Å². The Balaban J connectivity index is 1.63. The first kappa shape index (κ1) is 11.8. The number of likely N-dealkylation sites (tertiary alicyclic amines) is 1. The van der Waals surface area contributed by atoms with Gasteiger partial charge in [-0.3, -0.25) is 4.90 Å². The van der Waals surface area contributed by atoms with Crippen molar-refractivity contribution in [3.05, 3.63) is 52.0 Å². The van der Waals surface area contributed by atoms with Gasteiger partial charge >= 0.3 is 0 Å². The highest BCUT2D eigenvalue weighted by Crippen LogP contribution is 2.33. The molecule has 0 atom stereocenters. The molecule has 3 nitrogen and oxygen atoms in total. The third-order valence-corrected chi connectivity index (χ3v) is 4.23. The molecule has 0 unspecified atom stereocenters. The number of rotatable bonds is 3. The fourth-order valence-corrected chi connectivity index (χ4v) is 3.27. The molecule has 94 valence electrons. The van der Waals surface area contributed by atoms with Crippen LogP contribution in [0.1, 0.15) is 15.4 Å². The number of aromatic nitrogens is 1. The van der Waals surface area contributed by atoms with Gasteiger partial charge < -0.3 is 5.11 Å². The predicted octanol–water partition coefficient (Wildman–Crippen LogP) is 2.15. The second-order valence-corrected chi connectivity index (χ2v) is 6.21. The summed E-state index contributed by atoms with van der Waals surface area (Å²) in [4.78, 5) is 7.77. The molecule has 0 bridgehead atoms. The lowest BCUT2D eigenvalue weighted by Gasteiger charge is -2.46. The van der Waals surface area contributed by atoms with Gasteiger partial charge in [0.1, 0.15) is 5.60 Å². The van der Waals surface area contributed by atoms with Crippen LogP contribution in [0, 0.1) is 6.92 Å². The lowest BCUT2D eigenvalue weighted by Crippen LogP contribution is -2.58. The van der Waals surface area contributed by atoms with Crippen molar-refractivity contribution in [1.82, 2.24) is 9.88 Å². The lowest BCUT2D eigenvalue weighted by atomic mass is 9.86. The molecule has 0 spiro atoms. The molecular weight excluding hydrogens is 244 g/mol. The van der Waals surface area contributed by atoms with E-state index < -0.39 is 5.60 Å². The molecule has 1 saturated heterocycles. The van der Waals surface area contributed by atoms with E-state index in [-0.39, 0.29) is 0 Å². The minimum atomic E-state index is -0.666. The van der Waals surface area contributed by atoms with Gasteiger partial charge in [0.2, 0.25) is 0 Å². The SMILES string of the molecule is Cc1ncc(CN2CC(O)(c3ccccc3)C2)s1. The highest BCUT2D eigenvalue weighted by Gasteiger charge is 2.42. The highest BCUT2D eigenvalue weighted by molar-refractivity contribution is 7.11. The van der Waals surface area contributed by atoms with Gasteiger partial charge in [0.15, 0.2) is 0 Å². The Morgan fingerprint density at radius 2 is 2.06 bits per heavy atom. The Kier molecular flexibility index (Phi) is 2.93. The molecule has 2 heterocycles. The molecule has 2 aromatic rings. The fourth-order valence-electron chi connectivity index (χ4n) is 2.44. The van der Waals surface area contributed by atoms with E-state index in [2.05, 4.69) is 9.88 Å². The monoisotopic (exact) mass is 260 g/mol. The number of hydrogen-bond acceptors (Lipinski definition) is 4. The summed E-state index contributed by atoms with van der Waals surface area (Å²) < 4.78 is 0. The van der Waals surface area contributed by atoms with Crippen LogP contribution in [0.2, 0.25) is 0 Å². The molecule has 0 saturated carbocycles. The van der Waals surface area contributed by atoms with Crippen LogP contribution in [-0.4, -0.2) is 28.1 Å². The molecule has 4 heteroatoms. The van der Waals surface area contributed by atoms with Crippen LogP contribution >= 0.6 is 11.3 Å². The highest BCUT2D eigenvalue weighted by atomic mass is 32.1. The normalized spacial score (nSPS) is 18.6. The summed E-state index contributed by atoms with van der Waals surface area (Å²) in [5.74, 6) is 0. The Bertz CT molecular complexity index is 532. The predicted molar refractivity (Wildman–Crippen MR) is 72.5 cm³/mol. The van der Waals surface area contributed by atoms with Crippen molar-refractivity contribution in [3.8, 4) is 0 Å². The van der Waals surface area contributed by atoms with E-state index in [4.69, 9.17) is 0 Å². The lowest BCUT2D eigenvalue weighted by molar-refractivity contribution is -0.107. The van der Waals surface area contributed by atoms with E-state index in [1.807, 2.05) is 43.5 Å². The first-order chi connectivity index (χ1) is 8.66. The van der Waals surface area contributed by atoms with Gasteiger partial charge in [-0.1, -0.05) is 30.3 Å². The molecule has 1 aromatic heterocycles. The Morgan fingerprint density at radius 1 is 1.33 bits per heavy atom. The van der Waals surface area contributed by atoms with Crippen molar-refractivity contribution < 1.29 is 5.11 Å². The third-order valence-electron chi connectivity index (χ3n) is 3.33. The van der Waals surface area contributed by atoms with E-state index in [1.54, 1.807) is 11.3 Å². The Labute approximate surface area is 111 Å². The molecule has 18 heavy (non-hydrogen) atoms. The molecule has 3 rings (SSSR count). The summed E-state index contributed by atoms with van der Waals surface area (Å²) in [6.45, 7) is 4.31. The van der Waals surface area contributed by atoms with Gasteiger partial charge in [-0.25, -0.2) is 4.98 Å². The van der Waals surface area contributed by atoms with Crippen LogP contribution in [0.3, 0.4) is 0 Å². The quantitative estimate of drug-likeness (QED) is 0.918. The first-order valence-electron chi connectivity index (χ1n) is 6.07. The second-order valence-electron chi connectivity index (χ2n) is 4.89. The van der Waals surface area contributed by atoms with Crippen molar-refractivity contribution >= 4 is 11.3 Å². The largest absolute Gasteiger partial charge is 0.382 e. The van der Waals surface area contributed by atoms with Gasteiger partial charge in [-0.15, -0.1) is 11.3 Å². The molecule has 1 N–H and O–H groups in total. The zero-order valence-corrected chi connectivity index (χ0v) is 11.2. The van der Waals surface area contributed by atoms with Crippen molar-refractivity contribution in [2.75, 3.05) is 13.1 Å². The number of aliphatic hydroxyl groups is 1. The average molecular weight is 260 g/mol. The Hall–Kier alpha value is -1.23. The van der Waals surface area contributed by atoms with Crippen molar-refractivity contribution in [1.29, 1.82) is 0 Å². The van der Waals surface area contributed by atoms with Crippen LogP contribution in [0.5, 0.6) is 0 Å². The molecule has 1 aromatic carbocycles. The van der Waals surface area contributed by atoms with E-state index >= 15 is 0 Å². The van der Waals surface area contributed by atoms with E-state index in [0.717, 1.165) is 17.1 Å². The molecule has 0 amide bonds. The molecule has 1 fully saturated rings. The molecule has 1 aliphatic rings. The number of β-amino-alcohol motifs (C(OH)–C–C–N with tert-alkyl or cyclic N) is 1. The summed E-state index contributed by atoms with van der Waals surface area (Å²) >= 11 is 1.73. The summed E-state index contributed by atoms with van der Waals surface area (Å²) in [7, 11) is 0. The summed E-state index contributed by atoms with van der Waals surface area (Å²) in [6.07, 6.45) is 1.93. The zero-order chi connectivity index (χ0) is 12.6. The van der Waals surface area contributed by atoms with Crippen LogP contribution in [0.25, 0.3) is 0 Å². The molecular formula is C14H16N2OS. The van der Waals surface area contributed by atoms with Crippen LogP contribution < -0.4 is 0 Å². The van der Waals surface area contributed by atoms with Crippen LogP contribution in [-0.2, 0) is 12.1 Å². The van der Waals surface area contributed by atoms with Crippen molar-refractivity contribution in [2.24, 2.45) is 0 Å². The third kappa shape index (κ3) is 2.19. The van der Waals surface area contributed by atoms with Crippen molar-refractivity contribution in [2.45, 2.75) is 19.1 Å². The Morgan fingerprint density at radius 3 is 2.67 bits per heavy atom. The standard InChI is InChI=1S/C14H16N2OS/c1-11-15-7-13(18-11)8-16-9-14(17,10-16)12-5-3-2-4-6-12/h2-7,17H,8-10H2,1H3. The fraction of sp³-hybridized carbons (Fsp3) is 0.357. The topological polar surface area (TPSA) is 36.4 Å². The maximum atomic E-state index is 10.5. The second kappa shape index (κ2) is 4.46. The van der Waals surface area contributed by atoms with Gasteiger partial charge in [-0.05, 0) is 12.5 Å². The van der Waals surface area contributed by atoms with Gasteiger partial charge in [-0.2, -0.15) is 0 Å². The maximum absolute atomic E-state index is 10.5. The number of nitrogens with zero attached hydrogens (tertiary/aromatic N) is 2. The summed E-state index contributed by atoms with van der Waals surface area (Å²) in [5.41, 5.74) is 0.350. The smallest absolute Gasteiger partial charge is 0.115 e. The minimum absolute atomic E-state index is 0.666. The first-order valence-corrected chi connectivity index (χ1v) is 6.89.